The van der Waals surface area contributed by atoms with Crippen LogP contribution in [0, 0.1) is 0 Å². The molecule has 1 aromatic heterocycles. The molecule has 2 heterocycles. The number of likely N-dealkylation sites (tertiary alicyclic amines) is 1. The number of rotatable bonds is 5. The first-order valence-electron chi connectivity index (χ1n) is 9.81. The van der Waals surface area contributed by atoms with Gasteiger partial charge < -0.3 is 24.1 Å². The summed E-state index contributed by atoms with van der Waals surface area (Å²) in [6, 6.07) is 14.0. The molecule has 1 aliphatic heterocycles. The summed E-state index contributed by atoms with van der Waals surface area (Å²) in [6.45, 7) is 1.44. The number of methoxy groups -OCH3 is 3. The average Bonchev–Trinajstić information content (AvgIpc) is 3.22. The Labute approximate surface area is 170 Å². The lowest BCUT2D eigenvalue weighted by Crippen LogP contribution is -2.38. The van der Waals surface area contributed by atoms with Gasteiger partial charge in [-0.25, -0.2) is 0 Å². The van der Waals surface area contributed by atoms with Crippen LogP contribution < -0.4 is 14.2 Å². The van der Waals surface area contributed by atoms with E-state index >= 15 is 0 Å². The largest absolute Gasteiger partial charge is 0.493 e. The van der Waals surface area contributed by atoms with Crippen molar-refractivity contribution in [3.63, 3.8) is 0 Å². The van der Waals surface area contributed by atoms with Gasteiger partial charge in [0.15, 0.2) is 11.5 Å². The van der Waals surface area contributed by atoms with E-state index in [0.717, 1.165) is 25.9 Å². The van der Waals surface area contributed by atoms with E-state index in [-0.39, 0.29) is 5.91 Å². The third-order valence-electron chi connectivity index (χ3n) is 5.68. The minimum atomic E-state index is -0.0145. The van der Waals surface area contributed by atoms with E-state index < -0.39 is 0 Å². The van der Waals surface area contributed by atoms with Gasteiger partial charge in [-0.1, -0.05) is 18.2 Å². The number of fused-ring (bicyclic) bond motifs is 1. The summed E-state index contributed by atoms with van der Waals surface area (Å²) < 4.78 is 16.1. The van der Waals surface area contributed by atoms with Crippen molar-refractivity contribution in [3.8, 4) is 17.2 Å². The highest BCUT2D eigenvalue weighted by Crippen LogP contribution is 2.39. The molecule has 1 fully saturated rings. The molecule has 0 unspecified atom stereocenters. The van der Waals surface area contributed by atoms with E-state index in [2.05, 4.69) is 29.2 Å². The summed E-state index contributed by atoms with van der Waals surface area (Å²) in [7, 11) is 4.66. The molecule has 0 spiro atoms. The van der Waals surface area contributed by atoms with Crippen LogP contribution >= 0.6 is 0 Å². The predicted molar refractivity (Wildman–Crippen MR) is 112 cm³/mol. The SMILES string of the molecule is COc1cc(C(=O)N2CCC(c3cc4ccccc4[nH]3)CC2)cc(OC)c1OC. The highest BCUT2D eigenvalue weighted by atomic mass is 16.5. The fraction of sp³-hybridized carbons (Fsp3) is 0.348. The van der Waals surface area contributed by atoms with Crippen LogP contribution in [0.15, 0.2) is 42.5 Å². The second kappa shape index (κ2) is 8.07. The Morgan fingerprint density at radius 3 is 2.21 bits per heavy atom. The number of hydrogen-bond acceptors (Lipinski definition) is 4. The molecule has 6 heteroatoms. The van der Waals surface area contributed by atoms with Crippen LogP contribution in [-0.2, 0) is 0 Å². The number of ether oxygens (including phenoxy) is 3. The molecule has 1 N–H and O–H groups in total. The van der Waals surface area contributed by atoms with Gasteiger partial charge in [0, 0.05) is 35.8 Å². The van der Waals surface area contributed by atoms with E-state index in [0.29, 0.717) is 28.7 Å². The zero-order chi connectivity index (χ0) is 20.4. The van der Waals surface area contributed by atoms with Gasteiger partial charge in [-0.15, -0.1) is 0 Å². The van der Waals surface area contributed by atoms with Crippen LogP contribution in [0.5, 0.6) is 17.2 Å². The highest BCUT2D eigenvalue weighted by Gasteiger charge is 2.27. The molecule has 0 aliphatic carbocycles. The Kier molecular flexibility index (Phi) is 5.34. The number of piperidine rings is 1. The number of nitrogens with one attached hydrogen (secondary N) is 1. The second-order valence-electron chi connectivity index (χ2n) is 7.29. The molecule has 152 valence electrons. The van der Waals surface area contributed by atoms with Crippen LogP contribution in [-0.4, -0.2) is 50.2 Å². The molecular weight excluding hydrogens is 368 g/mol. The number of aromatic nitrogens is 1. The number of para-hydroxylation sites is 1. The molecule has 1 saturated heterocycles. The van der Waals surface area contributed by atoms with Crippen molar-refractivity contribution in [2.24, 2.45) is 0 Å². The van der Waals surface area contributed by atoms with Crippen LogP contribution in [0.4, 0.5) is 0 Å². The third kappa shape index (κ3) is 3.62. The van der Waals surface area contributed by atoms with Crippen LogP contribution in [0.2, 0.25) is 0 Å². The molecular formula is C23H26N2O4. The van der Waals surface area contributed by atoms with Gasteiger partial charge in [-0.2, -0.15) is 0 Å². The van der Waals surface area contributed by atoms with Crippen molar-refractivity contribution in [2.75, 3.05) is 34.4 Å². The van der Waals surface area contributed by atoms with Crippen molar-refractivity contribution in [1.82, 2.24) is 9.88 Å². The number of benzene rings is 2. The molecule has 2 aromatic carbocycles. The molecule has 0 atom stereocenters. The van der Waals surface area contributed by atoms with Crippen molar-refractivity contribution in [3.05, 3.63) is 53.7 Å². The molecule has 1 amide bonds. The first-order valence-corrected chi connectivity index (χ1v) is 9.81. The Morgan fingerprint density at radius 2 is 1.62 bits per heavy atom. The number of hydrogen-bond donors (Lipinski definition) is 1. The minimum absolute atomic E-state index is 0.0145. The minimum Gasteiger partial charge on any atom is -0.493 e. The van der Waals surface area contributed by atoms with E-state index in [1.807, 2.05) is 11.0 Å². The van der Waals surface area contributed by atoms with Gasteiger partial charge in [-0.05, 0) is 42.5 Å². The smallest absolute Gasteiger partial charge is 0.254 e. The van der Waals surface area contributed by atoms with E-state index in [9.17, 15) is 4.79 Å². The standard InChI is InChI=1S/C23H26N2O4/c1-27-20-13-17(14-21(28-2)22(20)29-3)23(26)25-10-8-15(9-11-25)19-12-16-6-4-5-7-18(16)24-19/h4-7,12-15,24H,8-11H2,1-3H3. The summed E-state index contributed by atoms with van der Waals surface area (Å²) in [5, 5.41) is 1.23. The van der Waals surface area contributed by atoms with Gasteiger partial charge in [0.05, 0.1) is 21.3 Å². The zero-order valence-electron chi connectivity index (χ0n) is 17.0. The second-order valence-corrected chi connectivity index (χ2v) is 7.29. The molecule has 1 aliphatic rings. The number of carbonyl (C=O) groups excluding carboxylic acids is 1. The Morgan fingerprint density at radius 1 is 0.966 bits per heavy atom. The maximum Gasteiger partial charge on any atom is 0.254 e. The quantitative estimate of drug-likeness (QED) is 0.704. The summed E-state index contributed by atoms with van der Waals surface area (Å²) in [6.07, 6.45) is 1.87. The van der Waals surface area contributed by atoms with Gasteiger partial charge in [0.2, 0.25) is 5.75 Å². The number of H-pyrrole nitrogens is 1. The zero-order valence-corrected chi connectivity index (χ0v) is 17.0. The number of carbonyl (C=O) groups is 1. The first kappa shape index (κ1) is 19.2. The van der Waals surface area contributed by atoms with E-state index in [1.165, 1.54) is 16.6 Å². The molecule has 0 radical (unpaired) electrons. The lowest BCUT2D eigenvalue weighted by molar-refractivity contribution is 0.0711. The molecule has 0 bridgehead atoms. The third-order valence-corrected chi connectivity index (χ3v) is 5.68. The van der Waals surface area contributed by atoms with Crippen molar-refractivity contribution in [2.45, 2.75) is 18.8 Å². The van der Waals surface area contributed by atoms with Crippen LogP contribution in [0.1, 0.15) is 34.8 Å². The monoisotopic (exact) mass is 394 g/mol. The maximum absolute atomic E-state index is 13.1. The fourth-order valence-corrected chi connectivity index (χ4v) is 4.10. The number of nitrogens with zero attached hydrogens (tertiary/aromatic N) is 1. The topological polar surface area (TPSA) is 63.8 Å². The average molecular weight is 394 g/mol. The molecule has 3 aromatic rings. The lowest BCUT2D eigenvalue weighted by atomic mass is 9.93. The Bertz CT molecular complexity index is 961. The summed E-state index contributed by atoms with van der Waals surface area (Å²) >= 11 is 0. The fourth-order valence-electron chi connectivity index (χ4n) is 4.10. The Balaban J connectivity index is 1.49. The Hall–Kier alpha value is -3.15. The lowest BCUT2D eigenvalue weighted by Gasteiger charge is -2.32. The van der Waals surface area contributed by atoms with Crippen LogP contribution in [0.3, 0.4) is 0 Å². The van der Waals surface area contributed by atoms with Crippen molar-refractivity contribution < 1.29 is 19.0 Å². The first-order chi connectivity index (χ1) is 14.1. The predicted octanol–water partition coefficient (Wildman–Crippen LogP) is 4.21. The normalized spacial score (nSPS) is 14.8. The van der Waals surface area contributed by atoms with Gasteiger partial charge in [0.1, 0.15) is 0 Å². The van der Waals surface area contributed by atoms with E-state index in [1.54, 1.807) is 33.5 Å². The summed E-state index contributed by atoms with van der Waals surface area (Å²) in [5.74, 6) is 1.89. The highest BCUT2D eigenvalue weighted by molar-refractivity contribution is 5.95. The molecule has 29 heavy (non-hydrogen) atoms. The van der Waals surface area contributed by atoms with Gasteiger partial charge in [0.25, 0.3) is 5.91 Å². The maximum atomic E-state index is 13.1. The number of aromatic amines is 1. The summed E-state index contributed by atoms with van der Waals surface area (Å²) in [5.41, 5.74) is 2.97. The summed E-state index contributed by atoms with van der Waals surface area (Å²) in [4.78, 5) is 18.5. The molecule has 6 nitrogen and oxygen atoms in total. The molecule has 0 saturated carbocycles. The van der Waals surface area contributed by atoms with Gasteiger partial charge >= 0.3 is 0 Å². The van der Waals surface area contributed by atoms with Crippen LogP contribution in [0.25, 0.3) is 10.9 Å². The molecule has 4 rings (SSSR count). The van der Waals surface area contributed by atoms with E-state index in [4.69, 9.17) is 14.2 Å². The van der Waals surface area contributed by atoms with Crippen molar-refractivity contribution in [1.29, 1.82) is 0 Å². The van der Waals surface area contributed by atoms with Gasteiger partial charge in [-0.3, -0.25) is 4.79 Å². The van der Waals surface area contributed by atoms with Crippen molar-refractivity contribution >= 4 is 16.8 Å². The number of amides is 1.